The maximum Gasteiger partial charge on any atom is 0.260 e. The fraction of sp³-hybridized carbons (Fsp3) is 0.286. The van der Waals surface area contributed by atoms with E-state index in [1.807, 2.05) is 39.0 Å². The van der Waals surface area contributed by atoms with Crippen LogP contribution in [0.5, 0.6) is 11.6 Å². The Kier molecular flexibility index (Phi) is 4.99. The molecule has 1 amide bonds. The molecule has 1 aliphatic rings. The number of carbonyl (C=O) groups excluding carboxylic acids is 1. The molecule has 6 nitrogen and oxygen atoms in total. The first-order valence-corrected chi connectivity index (χ1v) is 8.60. The van der Waals surface area contributed by atoms with Crippen LogP contribution in [0.4, 0.5) is 0 Å². The lowest BCUT2D eigenvalue weighted by Gasteiger charge is -2.15. The SMILES string of the molecule is C=C(C=C(C)C)N1Cc2nc(-c3cnc(OC)c(OC)c3)cc(C)c2C1=O. The molecule has 0 N–H and O–H groups in total. The van der Waals surface area contributed by atoms with E-state index < -0.39 is 0 Å². The van der Waals surface area contributed by atoms with Gasteiger partial charge in [-0.15, -0.1) is 0 Å². The number of aromatic nitrogens is 2. The van der Waals surface area contributed by atoms with Crippen molar-refractivity contribution in [2.75, 3.05) is 14.2 Å². The van der Waals surface area contributed by atoms with Crippen molar-refractivity contribution in [2.45, 2.75) is 27.3 Å². The Morgan fingerprint density at radius 1 is 1.26 bits per heavy atom. The third-order valence-corrected chi connectivity index (χ3v) is 4.39. The van der Waals surface area contributed by atoms with Crippen LogP contribution >= 0.6 is 0 Å². The van der Waals surface area contributed by atoms with Crippen molar-refractivity contribution in [1.82, 2.24) is 14.9 Å². The monoisotopic (exact) mass is 365 g/mol. The van der Waals surface area contributed by atoms with Gasteiger partial charge in [-0.3, -0.25) is 9.78 Å². The first-order valence-electron chi connectivity index (χ1n) is 8.60. The van der Waals surface area contributed by atoms with Crippen LogP contribution in [0.3, 0.4) is 0 Å². The molecule has 6 heteroatoms. The lowest BCUT2D eigenvalue weighted by molar-refractivity contribution is 0.0831. The number of amides is 1. The van der Waals surface area contributed by atoms with Gasteiger partial charge in [-0.1, -0.05) is 12.2 Å². The van der Waals surface area contributed by atoms with E-state index in [1.165, 1.54) is 0 Å². The minimum Gasteiger partial charge on any atom is -0.491 e. The van der Waals surface area contributed by atoms with Crippen molar-refractivity contribution in [2.24, 2.45) is 0 Å². The minimum absolute atomic E-state index is 0.0607. The Hall–Kier alpha value is -3.15. The number of pyridine rings is 2. The van der Waals surface area contributed by atoms with E-state index in [-0.39, 0.29) is 5.91 Å². The molecule has 0 unspecified atom stereocenters. The minimum atomic E-state index is -0.0607. The summed E-state index contributed by atoms with van der Waals surface area (Å²) in [5.41, 5.74) is 5.57. The van der Waals surface area contributed by atoms with Crippen molar-refractivity contribution < 1.29 is 14.3 Å². The van der Waals surface area contributed by atoms with Gasteiger partial charge >= 0.3 is 0 Å². The number of hydrogen-bond donors (Lipinski definition) is 0. The summed E-state index contributed by atoms with van der Waals surface area (Å²) in [6.45, 7) is 10.3. The number of fused-ring (bicyclic) bond motifs is 1. The molecule has 0 atom stereocenters. The van der Waals surface area contributed by atoms with Crippen molar-refractivity contribution in [3.63, 3.8) is 0 Å². The number of methoxy groups -OCH3 is 2. The van der Waals surface area contributed by atoms with Gasteiger partial charge in [0.05, 0.1) is 37.7 Å². The van der Waals surface area contributed by atoms with E-state index in [4.69, 9.17) is 14.5 Å². The Balaban J connectivity index is 2.01. The summed E-state index contributed by atoms with van der Waals surface area (Å²) >= 11 is 0. The topological polar surface area (TPSA) is 64.6 Å². The third kappa shape index (κ3) is 3.43. The first kappa shape index (κ1) is 18.6. The van der Waals surface area contributed by atoms with Gasteiger partial charge in [0.15, 0.2) is 5.75 Å². The number of hydrogen-bond acceptors (Lipinski definition) is 5. The Morgan fingerprint density at radius 2 is 2.00 bits per heavy atom. The van der Waals surface area contributed by atoms with Gasteiger partial charge in [0.2, 0.25) is 0 Å². The smallest absolute Gasteiger partial charge is 0.260 e. The summed E-state index contributed by atoms with van der Waals surface area (Å²) in [6, 6.07) is 3.73. The Bertz CT molecular complexity index is 959. The average molecular weight is 365 g/mol. The molecule has 0 saturated carbocycles. The van der Waals surface area contributed by atoms with Crippen LogP contribution < -0.4 is 9.47 Å². The molecule has 0 fully saturated rings. The number of aryl methyl sites for hydroxylation is 1. The molecule has 0 aliphatic carbocycles. The maximum atomic E-state index is 12.8. The second-order valence-corrected chi connectivity index (χ2v) is 6.69. The highest BCUT2D eigenvalue weighted by atomic mass is 16.5. The van der Waals surface area contributed by atoms with Crippen molar-refractivity contribution in [1.29, 1.82) is 0 Å². The average Bonchev–Trinajstić information content (AvgIpc) is 2.97. The van der Waals surface area contributed by atoms with Gasteiger partial charge in [0.1, 0.15) is 0 Å². The third-order valence-electron chi connectivity index (χ3n) is 4.39. The highest BCUT2D eigenvalue weighted by molar-refractivity contribution is 6.00. The summed E-state index contributed by atoms with van der Waals surface area (Å²) in [7, 11) is 3.11. The van der Waals surface area contributed by atoms with E-state index in [1.54, 1.807) is 25.3 Å². The normalized spacial score (nSPS) is 12.6. The zero-order chi connectivity index (χ0) is 19.7. The van der Waals surface area contributed by atoms with E-state index in [0.29, 0.717) is 29.4 Å². The molecule has 27 heavy (non-hydrogen) atoms. The van der Waals surface area contributed by atoms with Crippen molar-refractivity contribution in [3.8, 4) is 22.9 Å². The highest BCUT2D eigenvalue weighted by Gasteiger charge is 2.32. The number of allylic oxidation sites excluding steroid dienone is 2. The maximum absolute atomic E-state index is 12.8. The van der Waals surface area contributed by atoms with Gasteiger partial charge in [-0.2, -0.15) is 0 Å². The molecule has 1 aliphatic heterocycles. The molecule has 0 radical (unpaired) electrons. The van der Waals surface area contributed by atoms with Gasteiger partial charge < -0.3 is 14.4 Å². The van der Waals surface area contributed by atoms with E-state index in [9.17, 15) is 4.79 Å². The number of rotatable bonds is 5. The summed E-state index contributed by atoms with van der Waals surface area (Å²) in [5.74, 6) is 0.887. The Labute approximate surface area is 159 Å². The molecule has 2 aromatic rings. The summed E-state index contributed by atoms with van der Waals surface area (Å²) in [5, 5.41) is 0. The first-order chi connectivity index (χ1) is 12.8. The Morgan fingerprint density at radius 3 is 2.63 bits per heavy atom. The van der Waals surface area contributed by atoms with Crippen LogP contribution in [0.15, 0.2) is 42.3 Å². The molecular formula is C21H23N3O3. The van der Waals surface area contributed by atoms with E-state index in [2.05, 4.69) is 11.6 Å². The van der Waals surface area contributed by atoms with Gasteiger partial charge in [0, 0.05) is 17.5 Å². The number of ether oxygens (including phenoxy) is 2. The number of carbonyl (C=O) groups is 1. The second kappa shape index (κ2) is 7.23. The highest BCUT2D eigenvalue weighted by Crippen LogP contribution is 2.33. The molecule has 3 heterocycles. The summed E-state index contributed by atoms with van der Waals surface area (Å²) in [6.07, 6.45) is 3.59. The predicted molar refractivity (Wildman–Crippen MR) is 104 cm³/mol. The lowest BCUT2D eigenvalue weighted by Crippen LogP contribution is -2.22. The fourth-order valence-corrected chi connectivity index (χ4v) is 3.16. The largest absolute Gasteiger partial charge is 0.491 e. The second-order valence-electron chi connectivity index (χ2n) is 6.69. The van der Waals surface area contributed by atoms with Gasteiger partial charge in [-0.25, -0.2) is 4.98 Å². The summed E-state index contributed by atoms with van der Waals surface area (Å²) in [4.78, 5) is 23.5. The molecule has 0 saturated heterocycles. The standard InChI is InChI=1S/C21H23N3O3/c1-12(2)7-14(4)24-11-17-19(21(24)25)13(3)8-16(23-17)15-9-18(26-5)20(27-6)22-10-15/h7-10H,4,11H2,1-3,5-6H3. The van der Waals surface area contributed by atoms with Crippen LogP contribution in [0.25, 0.3) is 11.3 Å². The lowest BCUT2D eigenvalue weighted by atomic mass is 10.0. The van der Waals surface area contributed by atoms with E-state index >= 15 is 0 Å². The van der Waals surface area contributed by atoms with Gasteiger partial charge in [0.25, 0.3) is 11.8 Å². The van der Waals surface area contributed by atoms with Crippen LogP contribution in [0.2, 0.25) is 0 Å². The number of nitrogens with zero attached hydrogens (tertiary/aromatic N) is 3. The fourth-order valence-electron chi connectivity index (χ4n) is 3.16. The molecule has 2 aromatic heterocycles. The molecular weight excluding hydrogens is 342 g/mol. The van der Waals surface area contributed by atoms with Crippen molar-refractivity contribution in [3.05, 3.63) is 59.1 Å². The van der Waals surface area contributed by atoms with Crippen LogP contribution in [-0.4, -0.2) is 35.0 Å². The molecule has 0 spiro atoms. The molecule has 0 aromatic carbocycles. The van der Waals surface area contributed by atoms with Crippen LogP contribution in [0.1, 0.15) is 35.5 Å². The molecule has 0 bridgehead atoms. The predicted octanol–water partition coefficient (Wildman–Crippen LogP) is 3.90. The molecule has 140 valence electrons. The van der Waals surface area contributed by atoms with Crippen molar-refractivity contribution >= 4 is 5.91 Å². The van der Waals surface area contributed by atoms with Crippen LogP contribution in [-0.2, 0) is 6.54 Å². The summed E-state index contributed by atoms with van der Waals surface area (Å²) < 4.78 is 10.5. The van der Waals surface area contributed by atoms with E-state index in [0.717, 1.165) is 28.1 Å². The zero-order valence-corrected chi connectivity index (χ0v) is 16.3. The van der Waals surface area contributed by atoms with Gasteiger partial charge in [-0.05, 0) is 44.5 Å². The quantitative estimate of drug-likeness (QED) is 0.752. The van der Waals surface area contributed by atoms with Crippen LogP contribution in [0, 0.1) is 6.92 Å². The zero-order valence-electron chi connectivity index (χ0n) is 16.3. The molecule has 3 rings (SSSR count).